The summed E-state index contributed by atoms with van der Waals surface area (Å²) in [5.74, 6) is 1.51. The number of carbonyl (C=O) groups is 2. The number of rotatable bonds is 7. The highest BCUT2D eigenvalue weighted by molar-refractivity contribution is 5.83. The summed E-state index contributed by atoms with van der Waals surface area (Å²) in [5, 5.41) is 8.02. The molecule has 3 N–H and O–H groups in total. The predicted molar refractivity (Wildman–Crippen MR) is 89.2 cm³/mol. The van der Waals surface area contributed by atoms with E-state index in [4.69, 9.17) is 4.42 Å². The first-order valence-corrected chi connectivity index (χ1v) is 8.08. The van der Waals surface area contributed by atoms with Gasteiger partial charge in [-0.15, -0.1) is 0 Å². The topological polar surface area (TPSA) is 83.4 Å². The molecule has 0 radical (unpaired) electrons. The first kappa shape index (κ1) is 16.1. The molecule has 0 bridgehead atoms. The fourth-order valence-corrected chi connectivity index (χ4v) is 2.69. The Bertz CT molecular complexity index is 670. The summed E-state index contributed by atoms with van der Waals surface area (Å²) >= 11 is 0. The van der Waals surface area contributed by atoms with Crippen LogP contribution in [0.2, 0.25) is 0 Å². The Morgan fingerprint density at radius 2 is 1.88 bits per heavy atom. The number of benzene rings is 1. The van der Waals surface area contributed by atoms with Crippen molar-refractivity contribution in [2.24, 2.45) is 5.92 Å². The third kappa shape index (κ3) is 4.62. The van der Waals surface area contributed by atoms with Gasteiger partial charge < -0.3 is 20.4 Å². The van der Waals surface area contributed by atoms with Crippen molar-refractivity contribution >= 4 is 11.9 Å². The molecule has 6 heteroatoms. The van der Waals surface area contributed by atoms with Crippen molar-refractivity contribution in [1.29, 1.82) is 0 Å². The fraction of sp³-hybridized carbons (Fsp3) is 0.333. The number of furan rings is 1. The van der Waals surface area contributed by atoms with Gasteiger partial charge in [0.2, 0.25) is 5.91 Å². The lowest BCUT2D eigenvalue weighted by Crippen LogP contribution is -2.42. The minimum absolute atomic E-state index is 0.0350. The largest absolute Gasteiger partial charge is 0.467 e. The molecule has 1 aromatic carbocycles. The van der Waals surface area contributed by atoms with Crippen LogP contribution in [0.25, 0.3) is 0 Å². The molecular weight excluding hydrogens is 306 g/mol. The summed E-state index contributed by atoms with van der Waals surface area (Å²) in [6.07, 6.45) is 2.64. The van der Waals surface area contributed by atoms with Crippen LogP contribution in [0.15, 0.2) is 53.1 Å². The monoisotopic (exact) mass is 327 g/mol. The summed E-state index contributed by atoms with van der Waals surface area (Å²) in [6, 6.07) is 13.5. The van der Waals surface area contributed by atoms with Crippen LogP contribution in [0.3, 0.4) is 0 Å². The lowest BCUT2D eigenvalue weighted by atomic mass is 10.1. The van der Waals surface area contributed by atoms with Crippen LogP contribution in [0.4, 0.5) is 4.79 Å². The number of hydrogen-bond acceptors (Lipinski definition) is 3. The van der Waals surface area contributed by atoms with E-state index in [9.17, 15) is 9.59 Å². The molecule has 0 spiro atoms. The summed E-state index contributed by atoms with van der Waals surface area (Å²) in [7, 11) is 0. The van der Waals surface area contributed by atoms with Crippen molar-refractivity contribution < 1.29 is 14.0 Å². The molecule has 2 atom stereocenters. The maximum atomic E-state index is 11.8. The molecule has 1 aliphatic carbocycles. The van der Waals surface area contributed by atoms with Crippen LogP contribution in [0.5, 0.6) is 0 Å². The standard InChI is InChI=1S/C18H21N3O3/c22-17(12-21-18(23)20-11-15-7-4-8-24-15)19-10-14-9-16(14)13-5-2-1-3-6-13/h1-8,14,16H,9-12H2,(H,19,22)(H2,20,21,23)/t14-,16-/m1/s1. The molecule has 1 aliphatic rings. The zero-order valence-electron chi connectivity index (χ0n) is 13.3. The average molecular weight is 327 g/mol. The van der Waals surface area contributed by atoms with Crippen molar-refractivity contribution in [3.8, 4) is 0 Å². The zero-order chi connectivity index (χ0) is 16.8. The van der Waals surface area contributed by atoms with Crippen LogP contribution < -0.4 is 16.0 Å². The van der Waals surface area contributed by atoms with Gasteiger partial charge in [-0.05, 0) is 36.0 Å². The van der Waals surface area contributed by atoms with Gasteiger partial charge in [-0.1, -0.05) is 30.3 Å². The number of hydrogen-bond donors (Lipinski definition) is 3. The SMILES string of the molecule is O=C(CNC(=O)NCc1ccco1)NC[C@H]1C[C@@H]1c1ccccc1. The van der Waals surface area contributed by atoms with Crippen LogP contribution in [0.1, 0.15) is 23.7 Å². The van der Waals surface area contributed by atoms with Crippen LogP contribution in [0, 0.1) is 5.92 Å². The van der Waals surface area contributed by atoms with E-state index >= 15 is 0 Å². The second-order valence-electron chi connectivity index (χ2n) is 5.93. The summed E-state index contributed by atoms with van der Waals surface area (Å²) in [4.78, 5) is 23.4. The Balaban J connectivity index is 1.29. The van der Waals surface area contributed by atoms with E-state index in [0.29, 0.717) is 30.7 Å². The van der Waals surface area contributed by atoms with Gasteiger partial charge in [-0.3, -0.25) is 4.79 Å². The lowest BCUT2D eigenvalue weighted by molar-refractivity contribution is -0.120. The van der Waals surface area contributed by atoms with Gasteiger partial charge in [0.1, 0.15) is 5.76 Å². The Morgan fingerprint density at radius 1 is 1.04 bits per heavy atom. The van der Waals surface area contributed by atoms with Crippen LogP contribution >= 0.6 is 0 Å². The zero-order valence-corrected chi connectivity index (χ0v) is 13.3. The highest BCUT2D eigenvalue weighted by Crippen LogP contribution is 2.46. The Kier molecular flexibility index (Phi) is 5.15. The molecule has 1 fully saturated rings. The van der Waals surface area contributed by atoms with E-state index in [1.807, 2.05) is 18.2 Å². The summed E-state index contributed by atoms with van der Waals surface area (Å²) in [6.45, 7) is 0.905. The number of carbonyl (C=O) groups excluding carboxylic acids is 2. The molecule has 0 unspecified atom stereocenters. The molecule has 1 saturated carbocycles. The van der Waals surface area contributed by atoms with Crippen molar-refractivity contribution in [1.82, 2.24) is 16.0 Å². The number of nitrogens with one attached hydrogen (secondary N) is 3. The smallest absolute Gasteiger partial charge is 0.315 e. The molecule has 3 amide bonds. The van der Waals surface area contributed by atoms with Gasteiger partial charge in [0.25, 0.3) is 0 Å². The van der Waals surface area contributed by atoms with Crippen molar-refractivity contribution in [2.75, 3.05) is 13.1 Å². The normalized spacial score (nSPS) is 18.7. The van der Waals surface area contributed by atoms with E-state index in [1.54, 1.807) is 18.4 Å². The second kappa shape index (κ2) is 7.68. The van der Waals surface area contributed by atoms with Gasteiger partial charge in [0.05, 0.1) is 19.4 Å². The molecule has 0 saturated heterocycles. The summed E-state index contributed by atoms with van der Waals surface area (Å²) < 4.78 is 5.11. The molecule has 1 aromatic heterocycles. The van der Waals surface area contributed by atoms with Crippen LogP contribution in [-0.4, -0.2) is 25.0 Å². The van der Waals surface area contributed by atoms with Crippen LogP contribution in [-0.2, 0) is 11.3 Å². The molecule has 6 nitrogen and oxygen atoms in total. The van der Waals surface area contributed by atoms with Crippen molar-refractivity contribution in [3.05, 3.63) is 60.1 Å². The lowest BCUT2D eigenvalue weighted by Gasteiger charge is -2.07. The first-order valence-electron chi connectivity index (χ1n) is 8.08. The van der Waals surface area contributed by atoms with Gasteiger partial charge in [-0.25, -0.2) is 4.79 Å². The quantitative estimate of drug-likeness (QED) is 0.727. The highest BCUT2D eigenvalue weighted by Gasteiger charge is 2.37. The Hall–Kier alpha value is -2.76. The van der Waals surface area contributed by atoms with Gasteiger partial charge >= 0.3 is 6.03 Å². The maximum absolute atomic E-state index is 11.8. The Morgan fingerprint density at radius 3 is 2.62 bits per heavy atom. The van der Waals surface area contributed by atoms with E-state index in [-0.39, 0.29) is 12.5 Å². The van der Waals surface area contributed by atoms with Gasteiger partial charge in [-0.2, -0.15) is 0 Å². The average Bonchev–Trinajstić information content (AvgIpc) is 3.20. The first-order chi connectivity index (χ1) is 11.7. The van der Waals surface area contributed by atoms with Gasteiger partial charge in [0.15, 0.2) is 0 Å². The molecule has 2 aromatic rings. The number of amides is 3. The molecule has 126 valence electrons. The van der Waals surface area contributed by atoms with E-state index < -0.39 is 6.03 Å². The minimum Gasteiger partial charge on any atom is -0.467 e. The highest BCUT2D eigenvalue weighted by atomic mass is 16.3. The third-order valence-electron chi connectivity index (χ3n) is 4.12. The molecule has 0 aliphatic heterocycles. The molecule has 24 heavy (non-hydrogen) atoms. The van der Waals surface area contributed by atoms with Crippen molar-refractivity contribution in [3.63, 3.8) is 0 Å². The molecule has 3 rings (SSSR count). The van der Waals surface area contributed by atoms with E-state index in [1.165, 1.54) is 5.56 Å². The van der Waals surface area contributed by atoms with E-state index in [0.717, 1.165) is 6.42 Å². The predicted octanol–water partition coefficient (Wildman–Crippen LogP) is 2.00. The van der Waals surface area contributed by atoms with Gasteiger partial charge in [0, 0.05) is 6.54 Å². The fourth-order valence-electron chi connectivity index (χ4n) is 2.69. The minimum atomic E-state index is -0.393. The Labute approximate surface area is 140 Å². The second-order valence-corrected chi connectivity index (χ2v) is 5.93. The molecule has 1 heterocycles. The number of urea groups is 1. The molecular formula is C18H21N3O3. The third-order valence-corrected chi connectivity index (χ3v) is 4.12. The maximum Gasteiger partial charge on any atom is 0.315 e. The van der Waals surface area contributed by atoms with Crippen molar-refractivity contribution in [2.45, 2.75) is 18.9 Å². The van der Waals surface area contributed by atoms with E-state index in [2.05, 4.69) is 28.1 Å². The summed E-state index contributed by atoms with van der Waals surface area (Å²) in [5.41, 5.74) is 1.33.